The number of carbonyl (C=O) groups is 1. The van der Waals surface area contributed by atoms with Gasteiger partial charge in [0.1, 0.15) is 0 Å². The van der Waals surface area contributed by atoms with Gasteiger partial charge in [-0.15, -0.1) is 0 Å². The molecule has 1 saturated carbocycles. The third-order valence-corrected chi connectivity index (χ3v) is 3.75. The van der Waals surface area contributed by atoms with Gasteiger partial charge >= 0.3 is 0 Å². The minimum atomic E-state index is 0.231. The second-order valence-corrected chi connectivity index (χ2v) is 5.14. The summed E-state index contributed by atoms with van der Waals surface area (Å²) in [7, 11) is 3.76. The summed E-state index contributed by atoms with van der Waals surface area (Å²) in [5, 5.41) is 4.22. The summed E-state index contributed by atoms with van der Waals surface area (Å²) < 4.78 is 1.82. The first kappa shape index (κ1) is 10.6. The van der Waals surface area contributed by atoms with Gasteiger partial charge in [0, 0.05) is 38.5 Å². The highest BCUT2D eigenvalue weighted by Crippen LogP contribution is 2.46. The minimum Gasteiger partial charge on any atom is -0.322 e. The quantitative estimate of drug-likeness (QED) is 0.776. The molecule has 0 N–H and O–H groups in total. The van der Waals surface area contributed by atoms with E-state index in [1.54, 1.807) is 4.90 Å². The molecular weight excluding hydrogens is 214 g/mol. The molecule has 0 aromatic carbocycles. The fourth-order valence-corrected chi connectivity index (χ4v) is 2.60. The Hall–Kier alpha value is -1.58. The van der Waals surface area contributed by atoms with Crippen LogP contribution in [-0.4, -0.2) is 27.6 Å². The van der Waals surface area contributed by atoms with Gasteiger partial charge in [0.2, 0.25) is 5.91 Å². The number of nitrogens with zero attached hydrogens (tertiary/aromatic N) is 3. The van der Waals surface area contributed by atoms with Crippen molar-refractivity contribution in [3.63, 3.8) is 0 Å². The number of amides is 1. The number of allylic oxidation sites excluding steroid dienone is 1. The Labute approximate surface area is 101 Å². The Bertz CT molecular complexity index is 485. The van der Waals surface area contributed by atoms with Crippen LogP contribution in [0.25, 0.3) is 5.57 Å². The molecule has 3 rings (SSSR count). The van der Waals surface area contributed by atoms with Gasteiger partial charge in [-0.3, -0.25) is 9.48 Å². The fourth-order valence-electron chi connectivity index (χ4n) is 2.60. The van der Waals surface area contributed by atoms with E-state index >= 15 is 0 Å². The predicted octanol–water partition coefficient (Wildman–Crippen LogP) is 1.65. The van der Waals surface area contributed by atoms with E-state index in [9.17, 15) is 4.79 Å². The molecular formula is C13H17N3O. The molecule has 0 saturated heterocycles. The van der Waals surface area contributed by atoms with Gasteiger partial charge in [-0.1, -0.05) is 0 Å². The van der Waals surface area contributed by atoms with Gasteiger partial charge in [-0.2, -0.15) is 5.10 Å². The fraction of sp³-hybridized carbons (Fsp3) is 0.538. The molecule has 1 aliphatic carbocycles. The Balaban J connectivity index is 1.98. The monoisotopic (exact) mass is 231 g/mol. The molecule has 1 aromatic rings. The molecule has 2 heterocycles. The van der Waals surface area contributed by atoms with Gasteiger partial charge in [-0.05, 0) is 30.3 Å². The number of hydrogen-bond acceptors (Lipinski definition) is 2. The van der Waals surface area contributed by atoms with Crippen LogP contribution in [0.15, 0.2) is 18.6 Å². The van der Waals surface area contributed by atoms with Crippen molar-refractivity contribution in [2.45, 2.75) is 19.3 Å². The maximum absolute atomic E-state index is 11.8. The second kappa shape index (κ2) is 3.72. The van der Waals surface area contributed by atoms with Crippen LogP contribution in [-0.2, 0) is 11.8 Å². The Morgan fingerprint density at radius 2 is 2.12 bits per heavy atom. The summed E-state index contributed by atoms with van der Waals surface area (Å²) in [5.74, 6) is 1.34. The minimum absolute atomic E-state index is 0.231. The zero-order valence-corrected chi connectivity index (χ0v) is 10.3. The van der Waals surface area contributed by atoms with Gasteiger partial charge in [0.15, 0.2) is 0 Å². The van der Waals surface area contributed by atoms with E-state index in [2.05, 4.69) is 5.10 Å². The molecule has 1 unspecified atom stereocenters. The second-order valence-electron chi connectivity index (χ2n) is 5.14. The molecule has 1 atom stereocenters. The van der Waals surface area contributed by atoms with Crippen molar-refractivity contribution in [1.82, 2.24) is 14.7 Å². The molecule has 90 valence electrons. The lowest BCUT2D eigenvalue weighted by atomic mass is 9.85. The number of rotatable bonds is 2. The molecule has 1 amide bonds. The normalized spacial score (nSPS) is 25.1. The topological polar surface area (TPSA) is 38.1 Å². The Morgan fingerprint density at radius 1 is 1.35 bits per heavy atom. The maximum atomic E-state index is 11.8. The smallest absolute Gasteiger partial charge is 0.226 e. The van der Waals surface area contributed by atoms with Crippen molar-refractivity contribution >= 4 is 11.5 Å². The lowest BCUT2D eigenvalue weighted by Gasteiger charge is -2.28. The molecule has 1 aliphatic heterocycles. The zero-order chi connectivity index (χ0) is 12.0. The molecule has 4 heteroatoms. The number of aromatic nitrogens is 2. The highest BCUT2D eigenvalue weighted by atomic mass is 16.2. The summed E-state index contributed by atoms with van der Waals surface area (Å²) >= 11 is 0. The van der Waals surface area contributed by atoms with Crippen LogP contribution < -0.4 is 0 Å². The van der Waals surface area contributed by atoms with Crippen LogP contribution in [0.4, 0.5) is 0 Å². The zero-order valence-electron chi connectivity index (χ0n) is 10.3. The van der Waals surface area contributed by atoms with Gasteiger partial charge < -0.3 is 4.90 Å². The van der Waals surface area contributed by atoms with Crippen LogP contribution in [0, 0.1) is 11.8 Å². The van der Waals surface area contributed by atoms with Crippen molar-refractivity contribution in [3.05, 3.63) is 24.2 Å². The first-order valence-electron chi connectivity index (χ1n) is 6.11. The molecule has 17 heavy (non-hydrogen) atoms. The van der Waals surface area contributed by atoms with Crippen molar-refractivity contribution in [2.24, 2.45) is 18.9 Å². The lowest BCUT2D eigenvalue weighted by Crippen LogP contribution is -2.30. The van der Waals surface area contributed by atoms with Crippen LogP contribution in [0.3, 0.4) is 0 Å². The third-order valence-electron chi connectivity index (χ3n) is 3.75. The average Bonchev–Trinajstić information content (AvgIpc) is 3.05. The van der Waals surface area contributed by atoms with E-state index in [1.165, 1.54) is 18.4 Å². The van der Waals surface area contributed by atoms with E-state index in [4.69, 9.17) is 0 Å². The third kappa shape index (κ3) is 1.88. The molecule has 1 fully saturated rings. The molecule has 1 aromatic heterocycles. The van der Waals surface area contributed by atoms with Crippen LogP contribution in [0.1, 0.15) is 24.8 Å². The van der Waals surface area contributed by atoms with Crippen LogP contribution in [0.2, 0.25) is 0 Å². The van der Waals surface area contributed by atoms with Crippen LogP contribution in [0.5, 0.6) is 0 Å². The first-order chi connectivity index (χ1) is 8.15. The van der Waals surface area contributed by atoms with Gasteiger partial charge in [-0.25, -0.2) is 0 Å². The van der Waals surface area contributed by atoms with E-state index in [1.807, 2.05) is 37.4 Å². The average molecular weight is 231 g/mol. The van der Waals surface area contributed by atoms with Crippen molar-refractivity contribution in [3.8, 4) is 0 Å². The van der Waals surface area contributed by atoms with Gasteiger partial charge in [0.25, 0.3) is 0 Å². The van der Waals surface area contributed by atoms with E-state index in [0.29, 0.717) is 18.3 Å². The standard InChI is InChI=1S/C13H17N3O/c1-15-8-12(10-6-14-16(2)7-10)11(5-13(15)17)9-3-4-9/h6-9,11H,3-5H2,1-2H3. The summed E-state index contributed by atoms with van der Waals surface area (Å²) in [6.07, 6.45) is 9.10. The van der Waals surface area contributed by atoms with E-state index in [0.717, 1.165) is 5.56 Å². The van der Waals surface area contributed by atoms with Gasteiger partial charge in [0.05, 0.1) is 6.20 Å². The van der Waals surface area contributed by atoms with E-state index in [-0.39, 0.29) is 5.91 Å². The molecule has 0 spiro atoms. The summed E-state index contributed by atoms with van der Waals surface area (Å²) in [6, 6.07) is 0. The Kier molecular flexibility index (Phi) is 2.31. The first-order valence-corrected chi connectivity index (χ1v) is 6.11. The molecule has 0 bridgehead atoms. The molecule has 4 nitrogen and oxygen atoms in total. The van der Waals surface area contributed by atoms with Crippen molar-refractivity contribution in [1.29, 1.82) is 0 Å². The molecule has 2 aliphatic rings. The van der Waals surface area contributed by atoms with E-state index < -0.39 is 0 Å². The maximum Gasteiger partial charge on any atom is 0.226 e. The number of aryl methyl sites for hydroxylation is 1. The van der Waals surface area contributed by atoms with Crippen molar-refractivity contribution < 1.29 is 4.79 Å². The molecule has 0 radical (unpaired) electrons. The number of hydrogen-bond donors (Lipinski definition) is 0. The van der Waals surface area contributed by atoms with Crippen LogP contribution >= 0.6 is 0 Å². The summed E-state index contributed by atoms with van der Waals surface area (Å²) in [5.41, 5.74) is 2.44. The Morgan fingerprint density at radius 3 is 2.71 bits per heavy atom. The van der Waals surface area contributed by atoms with Crippen molar-refractivity contribution in [2.75, 3.05) is 7.05 Å². The predicted molar refractivity (Wildman–Crippen MR) is 64.8 cm³/mol. The highest BCUT2D eigenvalue weighted by Gasteiger charge is 2.38. The highest BCUT2D eigenvalue weighted by molar-refractivity contribution is 5.85. The largest absolute Gasteiger partial charge is 0.322 e. The summed E-state index contributed by atoms with van der Waals surface area (Å²) in [4.78, 5) is 13.5. The SMILES string of the molecule is CN1C=C(c2cnn(C)c2)C(C2CC2)CC1=O. The lowest BCUT2D eigenvalue weighted by molar-refractivity contribution is -0.128. The number of carbonyl (C=O) groups excluding carboxylic acids is 1. The summed E-state index contributed by atoms with van der Waals surface area (Å²) in [6.45, 7) is 0.